The van der Waals surface area contributed by atoms with E-state index in [4.69, 9.17) is 18.0 Å². The topological polar surface area (TPSA) is 42.2 Å². The quantitative estimate of drug-likeness (QED) is 0.859. The van der Waals surface area contributed by atoms with Crippen molar-refractivity contribution in [3.63, 3.8) is 0 Å². The average molecular weight is 277 g/mol. The molecule has 1 unspecified atom stereocenters. The summed E-state index contributed by atoms with van der Waals surface area (Å²) in [4.78, 5) is 7.29. The Hall–Kier alpha value is -1.16. The highest BCUT2D eigenvalue weighted by molar-refractivity contribution is 7.80. The minimum Gasteiger partial charge on any atom is -0.389 e. The molecule has 0 aliphatic carbocycles. The molecule has 1 fully saturated rings. The van der Waals surface area contributed by atoms with Crippen molar-refractivity contribution in [1.29, 1.82) is 0 Å². The summed E-state index contributed by atoms with van der Waals surface area (Å²) in [5.41, 5.74) is 6.71. The molecule has 2 N–H and O–H groups in total. The summed E-state index contributed by atoms with van der Waals surface area (Å²) >= 11 is 5.13. The van der Waals surface area contributed by atoms with Gasteiger partial charge in [0.15, 0.2) is 0 Å². The van der Waals surface area contributed by atoms with Crippen LogP contribution in [0, 0.1) is 5.92 Å². The second-order valence-corrected chi connectivity index (χ2v) is 5.75. The summed E-state index contributed by atoms with van der Waals surface area (Å²) in [7, 11) is 0. The first-order valence-corrected chi connectivity index (χ1v) is 7.63. The van der Waals surface area contributed by atoms with Crippen LogP contribution in [0.4, 0.5) is 5.82 Å². The largest absolute Gasteiger partial charge is 0.389 e. The molecule has 0 spiro atoms. The van der Waals surface area contributed by atoms with E-state index in [1.165, 1.54) is 32.1 Å². The number of anilines is 1. The minimum atomic E-state index is 0.442. The first kappa shape index (κ1) is 14.3. The summed E-state index contributed by atoms with van der Waals surface area (Å²) in [6, 6.07) is 3.87. The fraction of sp³-hybridized carbons (Fsp3) is 0.600. The molecule has 1 atom stereocenters. The molecular formula is C15H23N3S. The fourth-order valence-electron chi connectivity index (χ4n) is 2.92. The zero-order chi connectivity index (χ0) is 13.7. The number of pyridine rings is 1. The Morgan fingerprint density at radius 3 is 3.05 bits per heavy atom. The van der Waals surface area contributed by atoms with Gasteiger partial charge >= 0.3 is 0 Å². The Morgan fingerprint density at radius 1 is 1.47 bits per heavy atom. The lowest BCUT2D eigenvalue weighted by molar-refractivity contribution is 0.435. The molecule has 19 heavy (non-hydrogen) atoms. The van der Waals surface area contributed by atoms with Crippen molar-refractivity contribution in [2.45, 2.75) is 39.0 Å². The molecule has 0 radical (unpaired) electrons. The van der Waals surface area contributed by atoms with Gasteiger partial charge in [-0.15, -0.1) is 0 Å². The monoisotopic (exact) mass is 277 g/mol. The Labute approximate surface area is 121 Å². The molecule has 1 aliphatic heterocycles. The van der Waals surface area contributed by atoms with Gasteiger partial charge in [0.1, 0.15) is 10.8 Å². The number of thiocarbonyl (C=S) groups is 1. The molecular weight excluding hydrogens is 254 g/mol. The smallest absolute Gasteiger partial charge is 0.138 e. The summed E-state index contributed by atoms with van der Waals surface area (Å²) in [6.07, 6.45) is 8.27. The number of rotatable bonds is 4. The maximum absolute atomic E-state index is 5.80. The van der Waals surface area contributed by atoms with Crippen molar-refractivity contribution in [1.82, 2.24) is 4.98 Å². The van der Waals surface area contributed by atoms with Crippen molar-refractivity contribution in [3.8, 4) is 0 Å². The molecule has 2 rings (SSSR count). The van der Waals surface area contributed by atoms with E-state index in [9.17, 15) is 0 Å². The highest BCUT2D eigenvalue weighted by Crippen LogP contribution is 2.26. The fourth-order valence-corrected chi connectivity index (χ4v) is 3.07. The number of aromatic nitrogens is 1. The Bertz CT molecular complexity index is 433. The number of hydrogen-bond donors (Lipinski definition) is 1. The second-order valence-electron chi connectivity index (χ2n) is 5.31. The lowest BCUT2D eigenvalue weighted by atomic mass is 9.96. The highest BCUT2D eigenvalue weighted by Gasteiger charge is 2.19. The molecule has 3 nitrogen and oxygen atoms in total. The van der Waals surface area contributed by atoms with Gasteiger partial charge in [-0.25, -0.2) is 4.98 Å². The lowest BCUT2D eigenvalue weighted by Gasteiger charge is -2.23. The third-order valence-electron chi connectivity index (χ3n) is 3.90. The van der Waals surface area contributed by atoms with E-state index in [0.717, 1.165) is 30.4 Å². The molecule has 1 aromatic rings. The first-order valence-electron chi connectivity index (χ1n) is 7.22. The molecule has 104 valence electrons. The van der Waals surface area contributed by atoms with Crippen LogP contribution in [0.25, 0.3) is 0 Å². The van der Waals surface area contributed by atoms with E-state index in [2.05, 4.69) is 16.8 Å². The van der Waals surface area contributed by atoms with Crippen molar-refractivity contribution >= 4 is 23.0 Å². The van der Waals surface area contributed by atoms with Crippen molar-refractivity contribution in [3.05, 3.63) is 23.9 Å². The van der Waals surface area contributed by atoms with E-state index in [1.807, 2.05) is 18.3 Å². The Kier molecular flexibility index (Phi) is 5.14. The van der Waals surface area contributed by atoms with E-state index in [1.54, 1.807) is 0 Å². The predicted octanol–water partition coefficient (Wildman–Crippen LogP) is 3.12. The van der Waals surface area contributed by atoms with Crippen LogP contribution in [0.5, 0.6) is 0 Å². The third kappa shape index (κ3) is 3.66. The molecule has 0 aromatic carbocycles. The summed E-state index contributed by atoms with van der Waals surface area (Å²) in [5.74, 6) is 1.83. The molecule has 1 saturated heterocycles. The Morgan fingerprint density at radius 2 is 2.32 bits per heavy atom. The van der Waals surface area contributed by atoms with Crippen LogP contribution in [0.1, 0.15) is 44.6 Å². The van der Waals surface area contributed by atoms with E-state index in [-0.39, 0.29) is 0 Å². The van der Waals surface area contributed by atoms with Gasteiger partial charge in [-0.1, -0.05) is 32.0 Å². The van der Waals surface area contributed by atoms with Gasteiger partial charge in [0.2, 0.25) is 0 Å². The Balaban J connectivity index is 2.12. The SMILES string of the molecule is CCCC1CCCN(c2ncccc2C(N)=S)CC1. The molecule has 1 aromatic heterocycles. The normalized spacial score (nSPS) is 20.1. The maximum Gasteiger partial charge on any atom is 0.138 e. The van der Waals surface area contributed by atoms with Gasteiger partial charge in [0, 0.05) is 19.3 Å². The van der Waals surface area contributed by atoms with Crippen LogP contribution in [-0.2, 0) is 0 Å². The number of nitrogens with two attached hydrogens (primary N) is 1. The van der Waals surface area contributed by atoms with Crippen LogP contribution in [0.3, 0.4) is 0 Å². The van der Waals surface area contributed by atoms with Gasteiger partial charge in [-0.3, -0.25) is 0 Å². The molecule has 0 bridgehead atoms. The van der Waals surface area contributed by atoms with Crippen LogP contribution in [-0.4, -0.2) is 23.1 Å². The van der Waals surface area contributed by atoms with Gasteiger partial charge in [0.05, 0.1) is 5.56 Å². The van der Waals surface area contributed by atoms with E-state index in [0.29, 0.717) is 4.99 Å². The van der Waals surface area contributed by atoms with Gasteiger partial charge in [-0.05, 0) is 37.3 Å². The van der Waals surface area contributed by atoms with Crippen LogP contribution < -0.4 is 10.6 Å². The molecule has 0 amide bonds. The zero-order valence-corrected chi connectivity index (χ0v) is 12.5. The summed E-state index contributed by atoms with van der Waals surface area (Å²) < 4.78 is 0. The van der Waals surface area contributed by atoms with Gasteiger partial charge in [0.25, 0.3) is 0 Å². The molecule has 2 heterocycles. The lowest BCUT2D eigenvalue weighted by Crippen LogP contribution is -2.28. The summed E-state index contributed by atoms with van der Waals surface area (Å²) in [6.45, 7) is 4.40. The number of hydrogen-bond acceptors (Lipinski definition) is 3. The predicted molar refractivity (Wildman–Crippen MR) is 84.6 cm³/mol. The number of nitrogens with zero attached hydrogens (tertiary/aromatic N) is 2. The second kappa shape index (κ2) is 6.85. The maximum atomic E-state index is 5.80. The van der Waals surface area contributed by atoms with Gasteiger partial charge < -0.3 is 10.6 Å². The molecule has 1 aliphatic rings. The van der Waals surface area contributed by atoms with E-state index < -0.39 is 0 Å². The standard InChI is InChI=1S/C15H23N3S/c1-2-5-12-6-4-10-18(11-8-12)15-13(14(16)19)7-3-9-17-15/h3,7,9,12H,2,4-6,8,10-11H2,1H3,(H2,16,19). The highest BCUT2D eigenvalue weighted by atomic mass is 32.1. The van der Waals surface area contributed by atoms with Crippen molar-refractivity contribution in [2.75, 3.05) is 18.0 Å². The minimum absolute atomic E-state index is 0.442. The first-order chi connectivity index (χ1) is 9.22. The third-order valence-corrected chi connectivity index (χ3v) is 4.12. The summed E-state index contributed by atoms with van der Waals surface area (Å²) in [5, 5.41) is 0. The average Bonchev–Trinajstić information content (AvgIpc) is 2.65. The van der Waals surface area contributed by atoms with E-state index >= 15 is 0 Å². The van der Waals surface area contributed by atoms with Crippen LogP contribution in [0.15, 0.2) is 18.3 Å². The molecule has 0 saturated carbocycles. The van der Waals surface area contributed by atoms with Crippen LogP contribution >= 0.6 is 12.2 Å². The van der Waals surface area contributed by atoms with Gasteiger partial charge in [-0.2, -0.15) is 0 Å². The van der Waals surface area contributed by atoms with Crippen LogP contribution in [0.2, 0.25) is 0 Å². The van der Waals surface area contributed by atoms with Crippen molar-refractivity contribution in [2.24, 2.45) is 11.7 Å². The van der Waals surface area contributed by atoms with Crippen molar-refractivity contribution < 1.29 is 0 Å². The zero-order valence-electron chi connectivity index (χ0n) is 11.6. The molecule has 4 heteroatoms.